The number of fused-ring (bicyclic) bond motifs is 1. The molecule has 0 saturated carbocycles. The van der Waals surface area contributed by atoms with Crippen molar-refractivity contribution in [2.75, 3.05) is 24.4 Å². The number of nitrogens with zero attached hydrogens (tertiary/aromatic N) is 2. The highest BCUT2D eigenvalue weighted by atomic mass is 19.1. The van der Waals surface area contributed by atoms with Gasteiger partial charge in [0.2, 0.25) is 0 Å². The average molecular weight is 478 g/mol. The zero-order valence-corrected chi connectivity index (χ0v) is 18.7. The maximum Gasteiger partial charge on any atom is 0.326 e. The third-order valence-corrected chi connectivity index (χ3v) is 5.21. The average Bonchev–Trinajstić information content (AvgIpc) is 2.85. The Morgan fingerprint density at radius 1 is 1.00 bits per heavy atom. The Morgan fingerprint density at radius 2 is 1.74 bits per heavy atom. The first-order valence-corrected chi connectivity index (χ1v) is 10.3. The Morgan fingerprint density at radius 3 is 2.43 bits per heavy atom. The van der Waals surface area contributed by atoms with Crippen LogP contribution < -0.4 is 25.4 Å². The van der Waals surface area contributed by atoms with Gasteiger partial charge in [-0.2, -0.15) is 0 Å². The van der Waals surface area contributed by atoms with Crippen molar-refractivity contribution in [1.29, 1.82) is 0 Å². The molecule has 4 rings (SSSR count). The number of methoxy groups -OCH3 is 1. The van der Waals surface area contributed by atoms with Crippen molar-refractivity contribution in [3.8, 4) is 17.2 Å². The molecule has 8 nitrogen and oxygen atoms in total. The van der Waals surface area contributed by atoms with Crippen molar-refractivity contribution in [3.63, 3.8) is 0 Å². The molecular formula is C25H20F2N4O4. The highest BCUT2D eigenvalue weighted by Gasteiger charge is 2.20. The first-order chi connectivity index (χ1) is 16.8. The van der Waals surface area contributed by atoms with Gasteiger partial charge in [-0.3, -0.25) is 14.7 Å². The van der Waals surface area contributed by atoms with E-state index < -0.39 is 23.6 Å². The van der Waals surface area contributed by atoms with Crippen molar-refractivity contribution in [2.24, 2.45) is 5.73 Å². The number of benzene rings is 3. The van der Waals surface area contributed by atoms with E-state index >= 15 is 4.39 Å². The number of anilines is 2. The molecule has 0 unspecified atom stereocenters. The van der Waals surface area contributed by atoms with Gasteiger partial charge in [-0.1, -0.05) is 6.07 Å². The van der Waals surface area contributed by atoms with E-state index in [0.717, 1.165) is 4.90 Å². The number of hydrogen-bond donors (Lipinski definition) is 2. The Hall–Kier alpha value is -4.73. The SMILES string of the molecule is COc1cc2nccc(Oc3cccc(N(C)C(=O)Nc4ccc(F)cc4)c3F)c2cc1C(N)=O. The lowest BCUT2D eigenvalue weighted by atomic mass is 10.1. The quantitative estimate of drug-likeness (QED) is 0.402. The van der Waals surface area contributed by atoms with E-state index in [1.807, 2.05) is 0 Å². The van der Waals surface area contributed by atoms with E-state index in [0.29, 0.717) is 16.6 Å². The Kier molecular flexibility index (Phi) is 6.45. The second-order valence-electron chi connectivity index (χ2n) is 7.43. The molecule has 0 aliphatic heterocycles. The molecule has 0 aliphatic rings. The standard InChI is InChI=1S/C25H20F2N4O4/c1-31(25(33)30-15-8-6-14(26)7-9-15)19-4-3-5-21(23(19)27)35-20-10-11-29-18-13-22(34-2)17(24(28)32)12-16(18)20/h3-13H,1-2H3,(H2,28,32)(H,30,33). The fourth-order valence-corrected chi connectivity index (χ4v) is 3.40. The summed E-state index contributed by atoms with van der Waals surface area (Å²) in [6.07, 6.45) is 1.46. The summed E-state index contributed by atoms with van der Waals surface area (Å²) >= 11 is 0. The van der Waals surface area contributed by atoms with Crippen LogP contribution in [0.25, 0.3) is 10.9 Å². The van der Waals surface area contributed by atoms with Crippen molar-refractivity contribution in [3.05, 3.63) is 84.1 Å². The number of halogens is 2. The van der Waals surface area contributed by atoms with E-state index in [1.54, 1.807) is 0 Å². The van der Waals surface area contributed by atoms with Gasteiger partial charge in [-0.25, -0.2) is 13.6 Å². The van der Waals surface area contributed by atoms with Gasteiger partial charge >= 0.3 is 6.03 Å². The molecule has 4 aromatic rings. The molecule has 35 heavy (non-hydrogen) atoms. The largest absolute Gasteiger partial charge is 0.496 e. The van der Waals surface area contributed by atoms with E-state index in [-0.39, 0.29) is 28.5 Å². The third kappa shape index (κ3) is 4.81. The minimum absolute atomic E-state index is 0.0556. The Bertz CT molecular complexity index is 1430. The Balaban J connectivity index is 1.65. The number of carbonyl (C=O) groups is 2. The van der Waals surface area contributed by atoms with Gasteiger partial charge in [0.1, 0.15) is 17.3 Å². The molecule has 178 valence electrons. The summed E-state index contributed by atoms with van der Waals surface area (Å²) in [6.45, 7) is 0. The summed E-state index contributed by atoms with van der Waals surface area (Å²) in [7, 11) is 2.78. The number of aromatic nitrogens is 1. The first-order valence-electron chi connectivity index (χ1n) is 10.3. The van der Waals surface area contributed by atoms with Crippen LogP contribution in [-0.2, 0) is 0 Å². The summed E-state index contributed by atoms with van der Waals surface area (Å²) in [6, 6.07) is 13.4. The molecule has 3 amide bonds. The van der Waals surface area contributed by atoms with Crippen LogP contribution in [0.5, 0.6) is 17.2 Å². The van der Waals surface area contributed by atoms with Crippen LogP contribution in [-0.4, -0.2) is 31.1 Å². The number of pyridine rings is 1. The highest BCUT2D eigenvalue weighted by Crippen LogP contribution is 2.36. The molecule has 0 saturated heterocycles. The second-order valence-corrected chi connectivity index (χ2v) is 7.43. The van der Waals surface area contributed by atoms with E-state index in [9.17, 15) is 14.0 Å². The molecule has 3 aromatic carbocycles. The van der Waals surface area contributed by atoms with Crippen LogP contribution in [0.1, 0.15) is 10.4 Å². The molecule has 0 bridgehead atoms. The number of nitrogens with two attached hydrogens (primary N) is 1. The highest BCUT2D eigenvalue weighted by molar-refractivity contribution is 6.02. The number of carbonyl (C=O) groups excluding carboxylic acids is 2. The van der Waals surface area contributed by atoms with Crippen molar-refractivity contribution < 1.29 is 27.8 Å². The fraction of sp³-hybridized carbons (Fsp3) is 0.0800. The minimum Gasteiger partial charge on any atom is -0.496 e. The van der Waals surface area contributed by atoms with Crippen molar-refractivity contribution >= 4 is 34.2 Å². The molecule has 1 aromatic heterocycles. The number of nitrogens with one attached hydrogen (secondary N) is 1. The zero-order valence-electron chi connectivity index (χ0n) is 18.7. The molecule has 10 heteroatoms. The van der Waals surface area contributed by atoms with Crippen LogP contribution in [0.2, 0.25) is 0 Å². The van der Waals surface area contributed by atoms with Crippen LogP contribution in [0, 0.1) is 11.6 Å². The molecular weight excluding hydrogens is 458 g/mol. The summed E-state index contributed by atoms with van der Waals surface area (Å²) in [5.41, 5.74) is 6.30. The smallest absolute Gasteiger partial charge is 0.326 e. The number of amides is 3. The van der Waals surface area contributed by atoms with Crippen molar-refractivity contribution in [1.82, 2.24) is 4.98 Å². The van der Waals surface area contributed by atoms with Crippen LogP contribution in [0.15, 0.2) is 66.9 Å². The first kappa shape index (κ1) is 23.4. The molecule has 0 aliphatic carbocycles. The maximum absolute atomic E-state index is 15.4. The third-order valence-electron chi connectivity index (χ3n) is 5.21. The van der Waals surface area contributed by atoms with Gasteiger partial charge in [0, 0.05) is 30.4 Å². The molecule has 0 radical (unpaired) electrons. The van der Waals surface area contributed by atoms with E-state index in [1.165, 1.54) is 81.0 Å². The van der Waals surface area contributed by atoms with Crippen LogP contribution in [0.4, 0.5) is 25.0 Å². The Labute approximate surface area is 198 Å². The predicted octanol–water partition coefficient (Wildman–Crippen LogP) is 5.08. The number of ether oxygens (including phenoxy) is 2. The molecule has 3 N–H and O–H groups in total. The van der Waals surface area contributed by atoms with Gasteiger partial charge in [0.25, 0.3) is 5.91 Å². The lowest BCUT2D eigenvalue weighted by Gasteiger charge is -2.20. The van der Waals surface area contributed by atoms with Gasteiger partial charge in [-0.15, -0.1) is 0 Å². The van der Waals surface area contributed by atoms with Gasteiger partial charge in [0.05, 0.1) is 23.9 Å². The lowest BCUT2D eigenvalue weighted by molar-refractivity contribution is 0.0997. The van der Waals surface area contributed by atoms with Gasteiger partial charge < -0.3 is 20.5 Å². The molecule has 1 heterocycles. The number of primary amides is 1. The summed E-state index contributed by atoms with van der Waals surface area (Å²) in [4.78, 5) is 29.7. The van der Waals surface area contributed by atoms with E-state index in [2.05, 4.69) is 10.3 Å². The predicted molar refractivity (Wildman–Crippen MR) is 127 cm³/mol. The lowest BCUT2D eigenvalue weighted by Crippen LogP contribution is -2.31. The number of hydrogen-bond acceptors (Lipinski definition) is 5. The van der Waals surface area contributed by atoms with E-state index in [4.69, 9.17) is 15.2 Å². The fourth-order valence-electron chi connectivity index (χ4n) is 3.40. The van der Waals surface area contributed by atoms with Crippen LogP contribution in [0.3, 0.4) is 0 Å². The van der Waals surface area contributed by atoms with Crippen molar-refractivity contribution in [2.45, 2.75) is 0 Å². The summed E-state index contributed by atoms with van der Waals surface area (Å²) in [5, 5.41) is 2.98. The van der Waals surface area contributed by atoms with Gasteiger partial charge in [-0.05, 0) is 48.5 Å². The summed E-state index contributed by atoms with van der Waals surface area (Å²) in [5.74, 6) is -1.64. The molecule has 0 spiro atoms. The van der Waals surface area contributed by atoms with Crippen LogP contribution >= 0.6 is 0 Å². The second kappa shape index (κ2) is 9.64. The van der Waals surface area contributed by atoms with Gasteiger partial charge in [0.15, 0.2) is 11.6 Å². The molecule has 0 fully saturated rings. The maximum atomic E-state index is 15.4. The zero-order chi connectivity index (χ0) is 25.1. The summed E-state index contributed by atoms with van der Waals surface area (Å²) < 4.78 is 39.5. The minimum atomic E-state index is -0.794. The number of rotatable bonds is 6. The topological polar surface area (TPSA) is 107 Å². The molecule has 0 atom stereocenters. The normalized spacial score (nSPS) is 10.6. The monoisotopic (exact) mass is 478 g/mol. The number of urea groups is 1.